The van der Waals surface area contributed by atoms with Crippen molar-refractivity contribution in [1.82, 2.24) is 15.0 Å². The number of carbonyl (C=O) groups excluding carboxylic acids is 1. The number of piperidine rings is 1. The van der Waals surface area contributed by atoms with Gasteiger partial charge in [-0.15, -0.1) is 6.42 Å². The molecule has 1 saturated heterocycles. The number of nitrogen functional groups attached to an aromatic ring is 1. The zero-order valence-corrected chi connectivity index (χ0v) is 18.6. The lowest BCUT2D eigenvalue weighted by molar-refractivity contribution is 0.0396. The minimum atomic E-state index is -0.679. The summed E-state index contributed by atoms with van der Waals surface area (Å²) in [6.45, 7) is 1.15. The highest BCUT2D eigenvalue weighted by atomic mass is 35.5. The average Bonchev–Trinajstić information content (AvgIpc) is 3.08. The Kier molecular flexibility index (Phi) is 6.22. The molecule has 0 unspecified atom stereocenters. The number of rotatable bonds is 5. The van der Waals surface area contributed by atoms with Crippen LogP contribution in [0.15, 0.2) is 41.6 Å². The van der Waals surface area contributed by atoms with Gasteiger partial charge in [-0.25, -0.2) is 9.97 Å². The second kappa shape index (κ2) is 9.10. The van der Waals surface area contributed by atoms with Crippen molar-refractivity contribution in [2.45, 2.75) is 30.9 Å². The molecule has 170 valence electrons. The summed E-state index contributed by atoms with van der Waals surface area (Å²) in [6.07, 6.45) is 13.5. The van der Waals surface area contributed by atoms with E-state index in [9.17, 15) is 4.79 Å². The summed E-state index contributed by atoms with van der Waals surface area (Å²) < 4.78 is 6.18. The van der Waals surface area contributed by atoms with E-state index in [-0.39, 0.29) is 22.6 Å². The summed E-state index contributed by atoms with van der Waals surface area (Å²) in [5, 5.41) is 0.258. The number of halogens is 1. The molecular weight excluding hydrogens is 442 g/mol. The molecule has 1 spiro atoms. The summed E-state index contributed by atoms with van der Waals surface area (Å²) >= 11 is 5.77. The highest BCUT2D eigenvalue weighted by Crippen LogP contribution is 2.46. The number of terminal acetylenes is 1. The number of allylic oxidation sites excluding steroid dienone is 4. The fourth-order valence-electron chi connectivity index (χ4n) is 4.18. The fourth-order valence-corrected chi connectivity index (χ4v) is 4.26. The molecule has 1 atom stereocenters. The maximum absolute atomic E-state index is 12.1. The number of anilines is 2. The SMILES string of the molecule is C#C/C(Cl)=C\C=C/Cc1c(N)nc(N2CCC3(CC2)Oc2ncccc2[C@H]3N)nc1C(N)=O. The number of aromatic nitrogens is 3. The lowest BCUT2D eigenvalue weighted by Crippen LogP contribution is -2.52. The third-order valence-electron chi connectivity index (χ3n) is 5.99. The number of carbonyl (C=O) groups is 1. The van der Waals surface area contributed by atoms with E-state index in [1.165, 1.54) is 0 Å². The molecule has 2 aromatic heterocycles. The van der Waals surface area contributed by atoms with Crippen LogP contribution in [0.2, 0.25) is 0 Å². The third-order valence-corrected chi connectivity index (χ3v) is 6.23. The number of fused-ring (bicyclic) bond motifs is 1. The molecule has 6 N–H and O–H groups in total. The molecule has 4 rings (SSSR count). The first-order chi connectivity index (χ1) is 15.8. The first-order valence-electron chi connectivity index (χ1n) is 10.4. The quantitative estimate of drug-likeness (QED) is 0.447. The smallest absolute Gasteiger partial charge is 0.267 e. The lowest BCUT2D eigenvalue weighted by atomic mass is 9.83. The zero-order chi connectivity index (χ0) is 23.6. The molecule has 2 aliphatic rings. The molecule has 0 aliphatic carbocycles. The van der Waals surface area contributed by atoms with Crippen LogP contribution in [-0.4, -0.2) is 39.5 Å². The van der Waals surface area contributed by atoms with E-state index in [0.29, 0.717) is 49.7 Å². The van der Waals surface area contributed by atoms with Crippen molar-refractivity contribution in [3.05, 3.63) is 58.4 Å². The molecule has 0 radical (unpaired) electrons. The first-order valence-corrected chi connectivity index (χ1v) is 10.8. The number of hydrogen-bond acceptors (Lipinski definition) is 8. The van der Waals surface area contributed by atoms with E-state index in [1.54, 1.807) is 24.4 Å². The third kappa shape index (κ3) is 4.35. The summed E-state index contributed by atoms with van der Waals surface area (Å²) in [6, 6.07) is 3.54. The molecule has 0 aromatic carbocycles. The monoisotopic (exact) mass is 465 g/mol. The molecule has 9 nitrogen and oxygen atoms in total. The molecule has 10 heteroatoms. The normalized spacial score (nSPS) is 19.4. The van der Waals surface area contributed by atoms with Crippen LogP contribution in [0.1, 0.15) is 40.5 Å². The molecule has 1 fully saturated rings. The molecule has 4 heterocycles. The van der Waals surface area contributed by atoms with Gasteiger partial charge < -0.3 is 26.8 Å². The zero-order valence-electron chi connectivity index (χ0n) is 17.9. The van der Waals surface area contributed by atoms with Crippen LogP contribution >= 0.6 is 11.6 Å². The second-order valence-corrected chi connectivity index (χ2v) is 8.33. The summed E-state index contributed by atoms with van der Waals surface area (Å²) in [7, 11) is 0. The summed E-state index contributed by atoms with van der Waals surface area (Å²) in [5.74, 6) is 2.75. The number of hydrogen-bond donors (Lipinski definition) is 3. The van der Waals surface area contributed by atoms with Gasteiger partial charge in [0.2, 0.25) is 11.8 Å². The number of nitrogens with zero attached hydrogens (tertiary/aromatic N) is 4. The van der Waals surface area contributed by atoms with Gasteiger partial charge in [-0.2, -0.15) is 4.98 Å². The first kappa shape index (κ1) is 22.6. The van der Waals surface area contributed by atoms with Crippen molar-refractivity contribution < 1.29 is 9.53 Å². The van der Waals surface area contributed by atoms with Crippen LogP contribution in [0.4, 0.5) is 11.8 Å². The van der Waals surface area contributed by atoms with E-state index in [4.69, 9.17) is 40.0 Å². The highest BCUT2D eigenvalue weighted by Gasteiger charge is 2.49. The Morgan fingerprint density at radius 3 is 2.82 bits per heavy atom. The Morgan fingerprint density at radius 2 is 2.15 bits per heavy atom. The van der Waals surface area contributed by atoms with Crippen molar-refractivity contribution in [2.75, 3.05) is 23.7 Å². The van der Waals surface area contributed by atoms with Crippen LogP contribution in [0.3, 0.4) is 0 Å². The van der Waals surface area contributed by atoms with Crippen LogP contribution in [0.25, 0.3) is 0 Å². The fraction of sp³-hybridized carbons (Fsp3) is 0.304. The maximum Gasteiger partial charge on any atom is 0.267 e. The average molecular weight is 466 g/mol. The van der Waals surface area contributed by atoms with Gasteiger partial charge in [0.05, 0.1) is 11.1 Å². The van der Waals surface area contributed by atoms with Crippen LogP contribution in [-0.2, 0) is 6.42 Å². The van der Waals surface area contributed by atoms with E-state index in [1.807, 2.05) is 17.0 Å². The topological polar surface area (TPSA) is 146 Å². The van der Waals surface area contributed by atoms with Crippen molar-refractivity contribution >= 4 is 29.3 Å². The number of amides is 1. The minimum Gasteiger partial charge on any atom is -0.469 e. The van der Waals surface area contributed by atoms with Gasteiger partial charge in [-0.3, -0.25) is 4.79 Å². The number of ether oxygens (including phenoxy) is 1. The van der Waals surface area contributed by atoms with Gasteiger partial charge in [0, 0.05) is 43.3 Å². The molecule has 0 bridgehead atoms. The standard InChI is InChI=1S/C23H24ClN7O2/c1-2-14(24)6-3-4-7-15-17(20(27)32)29-22(30-19(15)26)31-12-9-23(10-13-31)18(25)16-8-5-11-28-21(16)33-23/h1,3-6,8,11,18H,7,9-10,12-13,25H2,(H2,27,32)(H2,26,29,30)/b4-3-,14-6+/t18-/m1/s1. The molecule has 1 amide bonds. The lowest BCUT2D eigenvalue weighted by Gasteiger charge is -2.40. The van der Waals surface area contributed by atoms with Gasteiger partial charge in [0.25, 0.3) is 5.91 Å². The van der Waals surface area contributed by atoms with E-state index in [2.05, 4.69) is 20.9 Å². The Morgan fingerprint density at radius 1 is 1.39 bits per heavy atom. The Balaban J connectivity index is 1.51. The van der Waals surface area contributed by atoms with Crippen LogP contribution in [0.5, 0.6) is 5.88 Å². The number of pyridine rings is 1. The number of primary amides is 1. The van der Waals surface area contributed by atoms with Crippen molar-refractivity contribution in [1.29, 1.82) is 0 Å². The van der Waals surface area contributed by atoms with Crippen LogP contribution < -0.4 is 26.8 Å². The Bertz CT molecular complexity index is 1180. The highest BCUT2D eigenvalue weighted by molar-refractivity contribution is 6.32. The van der Waals surface area contributed by atoms with Crippen molar-refractivity contribution in [2.24, 2.45) is 11.5 Å². The Labute approximate surface area is 196 Å². The van der Waals surface area contributed by atoms with Gasteiger partial charge in [-0.1, -0.05) is 35.7 Å². The molecule has 0 saturated carbocycles. The van der Waals surface area contributed by atoms with Gasteiger partial charge >= 0.3 is 0 Å². The van der Waals surface area contributed by atoms with Crippen molar-refractivity contribution in [3.63, 3.8) is 0 Å². The predicted molar refractivity (Wildman–Crippen MR) is 127 cm³/mol. The predicted octanol–water partition coefficient (Wildman–Crippen LogP) is 1.84. The summed E-state index contributed by atoms with van der Waals surface area (Å²) in [5.41, 5.74) is 19.2. The molecule has 33 heavy (non-hydrogen) atoms. The second-order valence-electron chi connectivity index (χ2n) is 7.92. The summed E-state index contributed by atoms with van der Waals surface area (Å²) in [4.78, 5) is 27.2. The van der Waals surface area contributed by atoms with E-state index < -0.39 is 11.5 Å². The Hall–Kier alpha value is -3.61. The molecule has 2 aliphatic heterocycles. The molecule has 2 aromatic rings. The number of nitrogens with two attached hydrogens (primary N) is 3. The van der Waals surface area contributed by atoms with E-state index >= 15 is 0 Å². The largest absolute Gasteiger partial charge is 0.469 e. The van der Waals surface area contributed by atoms with E-state index in [0.717, 1.165) is 5.56 Å². The minimum absolute atomic E-state index is 0.0832. The maximum atomic E-state index is 12.1. The van der Waals surface area contributed by atoms with Gasteiger partial charge in [-0.05, 0) is 18.6 Å². The van der Waals surface area contributed by atoms with Crippen molar-refractivity contribution in [3.8, 4) is 18.2 Å². The van der Waals surface area contributed by atoms with Crippen LogP contribution in [0, 0.1) is 12.3 Å². The van der Waals surface area contributed by atoms with Gasteiger partial charge in [0.1, 0.15) is 17.1 Å². The van der Waals surface area contributed by atoms with Gasteiger partial charge in [0.15, 0.2) is 0 Å². The molecular formula is C23H24ClN7O2.